The van der Waals surface area contributed by atoms with Crippen molar-refractivity contribution < 1.29 is 9.53 Å². The Hall–Kier alpha value is -1.55. The van der Waals surface area contributed by atoms with E-state index in [0.717, 1.165) is 26.1 Å². The van der Waals surface area contributed by atoms with Gasteiger partial charge in [-0.25, -0.2) is 4.79 Å². The van der Waals surface area contributed by atoms with E-state index in [0.29, 0.717) is 13.2 Å². The molecule has 2 rings (SSSR count). The highest BCUT2D eigenvalue weighted by Crippen LogP contribution is 2.16. The van der Waals surface area contributed by atoms with Crippen LogP contribution in [0.1, 0.15) is 45.6 Å². The van der Waals surface area contributed by atoms with Crippen molar-refractivity contribution >= 4 is 6.09 Å². The molecule has 1 amide bonds. The second kappa shape index (κ2) is 9.07. The number of likely N-dealkylation sites (tertiary alicyclic amines) is 1. The lowest BCUT2D eigenvalue weighted by Crippen LogP contribution is -2.47. The Bertz CT molecular complexity index is 490. The van der Waals surface area contributed by atoms with Crippen molar-refractivity contribution in [1.82, 2.24) is 9.80 Å². The highest BCUT2D eigenvalue weighted by Gasteiger charge is 2.27. The van der Waals surface area contributed by atoms with Crippen LogP contribution in [0.4, 0.5) is 4.79 Å². The molecular formula is C20H32N2O2. The van der Waals surface area contributed by atoms with Crippen LogP contribution in [0.2, 0.25) is 0 Å². The van der Waals surface area contributed by atoms with Crippen molar-refractivity contribution in [3.63, 3.8) is 0 Å². The summed E-state index contributed by atoms with van der Waals surface area (Å²) in [6.45, 7) is 10.5. The molecule has 0 N–H and O–H groups in total. The Balaban J connectivity index is 1.81. The molecule has 0 atom stereocenters. The average Bonchev–Trinajstić information content (AvgIpc) is 2.56. The third-order valence-corrected chi connectivity index (χ3v) is 4.58. The van der Waals surface area contributed by atoms with E-state index in [1.807, 2.05) is 23.1 Å². The fourth-order valence-electron chi connectivity index (χ4n) is 3.11. The van der Waals surface area contributed by atoms with Gasteiger partial charge in [0.15, 0.2) is 0 Å². The molecule has 4 heteroatoms. The number of hydrogen-bond donors (Lipinski definition) is 0. The maximum absolute atomic E-state index is 12.5. The first-order valence-electron chi connectivity index (χ1n) is 9.17. The lowest BCUT2D eigenvalue weighted by atomic mass is 10.1. The topological polar surface area (TPSA) is 32.8 Å². The quantitative estimate of drug-likeness (QED) is 0.791. The molecule has 134 valence electrons. The molecule has 0 spiro atoms. The summed E-state index contributed by atoms with van der Waals surface area (Å²) in [7, 11) is 0. The van der Waals surface area contributed by atoms with Gasteiger partial charge in [0.2, 0.25) is 0 Å². The van der Waals surface area contributed by atoms with Crippen LogP contribution in [-0.2, 0) is 11.2 Å². The van der Waals surface area contributed by atoms with E-state index in [1.54, 1.807) is 0 Å². The number of rotatable bonds is 6. The van der Waals surface area contributed by atoms with Crippen molar-refractivity contribution in [2.75, 3.05) is 32.8 Å². The molecule has 0 bridgehead atoms. The Labute approximate surface area is 146 Å². The van der Waals surface area contributed by atoms with Crippen LogP contribution >= 0.6 is 0 Å². The Morgan fingerprint density at radius 2 is 1.79 bits per heavy atom. The van der Waals surface area contributed by atoms with E-state index in [1.165, 1.54) is 24.8 Å². The lowest BCUT2D eigenvalue weighted by Gasteiger charge is -2.35. The molecule has 0 radical (unpaired) electrons. The minimum absolute atomic E-state index is 0.199. The lowest BCUT2D eigenvalue weighted by molar-refractivity contribution is 0.0590. The number of carbonyl (C=O) groups is 1. The van der Waals surface area contributed by atoms with Gasteiger partial charge in [-0.15, -0.1) is 0 Å². The predicted molar refractivity (Wildman–Crippen MR) is 98.2 cm³/mol. The zero-order valence-corrected chi connectivity index (χ0v) is 15.5. The van der Waals surface area contributed by atoms with Gasteiger partial charge in [-0.2, -0.15) is 0 Å². The summed E-state index contributed by atoms with van der Waals surface area (Å²) in [6, 6.07) is 10.3. The minimum atomic E-state index is -0.239. The van der Waals surface area contributed by atoms with E-state index >= 15 is 0 Å². The number of nitrogens with zero attached hydrogens (tertiary/aromatic N) is 2. The number of amides is 1. The van der Waals surface area contributed by atoms with Crippen molar-refractivity contribution in [2.24, 2.45) is 0 Å². The van der Waals surface area contributed by atoms with E-state index in [-0.39, 0.29) is 11.6 Å². The predicted octanol–water partition coefficient (Wildman–Crippen LogP) is 3.95. The van der Waals surface area contributed by atoms with Crippen LogP contribution in [0.25, 0.3) is 0 Å². The summed E-state index contributed by atoms with van der Waals surface area (Å²) in [5.74, 6) is 0. The van der Waals surface area contributed by atoms with Gasteiger partial charge in [0.05, 0.1) is 0 Å². The van der Waals surface area contributed by atoms with Gasteiger partial charge in [0.1, 0.15) is 6.61 Å². The van der Waals surface area contributed by atoms with Gasteiger partial charge in [0.25, 0.3) is 0 Å². The molecule has 0 aliphatic carbocycles. The number of piperidine rings is 1. The highest BCUT2D eigenvalue weighted by atomic mass is 16.6. The molecule has 0 aromatic heterocycles. The molecular weight excluding hydrogens is 300 g/mol. The van der Waals surface area contributed by atoms with Crippen LogP contribution < -0.4 is 0 Å². The Morgan fingerprint density at radius 1 is 1.12 bits per heavy atom. The first-order chi connectivity index (χ1) is 11.5. The zero-order chi connectivity index (χ0) is 17.4. The molecule has 0 unspecified atom stereocenters. The van der Waals surface area contributed by atoms with Crippen LogP contribution in [0.3, 0.4) is 0 Å². The van der Waals surface area contributed by atoms with Gasteiger partial charge in [0, 0.05) is 18.6 Å². The second-order valence-corrected chi connectivity index (χ2v) is 7.57. The van der Waals surface area contributed by atoms with Crippen molar-refractivity contribution in [1.29, 1.82) is 0 Å². The second-order valence-electron chi connectivity index (χ2n) is 7.57. The van der Waals surface area contributed by atoms with Gasteiger partial charge in [-0.1, -0.05) is 36.8 Å². The van der Waals surface area contributed by atoms with E-state index in [2.05, 4.69) is 37.8 Å². The first-order valence-corrected chi connectivity index (χ1v) is 9.17. The third-order valence-electron chi connectivity index (χ3n) is 4.58. The molecule has 24 heavy (non-hydrogen) atoms. The van der Waals surface area contributed by atoms with Crippen molar-refractivity contribution in [3.05, 3.63) is 35.9 Å². The monoisotopic (exact) mass is 332 g/mol. The molecule has 1 heterocycles. The maximum atomic E-state index is 12.5. The first kappa shape index (κ1) is 18.8. The smallest absolute Gasteiger partial charge is 0.410 e. The molecule has 1 fully saturated rings. The Kier molecular flexibility index (Phi) is 7.10. The van der Waals surface area contributed by atoms with Gasteiger partial charge in [-0.3, -0.25) is 4.90 Å². The number of carbonyl (C=O) groups excluding carboxylic acids is 1. The van der Waals surface area contributed by atoms with Crippen LogP contribution in [-0.4, -0.2) is 54.2 Å². The minimum Gasteiger partial charge on any atom is -0.448 e. The number of ether oxygens (including phenoxy) is 1. The van der Waals surface area contributed by atoms with Crippen molar-refractivity contribution in [2.45, 2.75) is 52.0 Å². The van der Waals surface area contributed by atoms with Crippen LogP contribution in [0.15, 0.2) is 30.3 Å². The molecule has 4 nitrogen and oxygen atoms in total. The molecule has 1 aromatic rings. The molecule has 1 aromatic carbocycles. The molecule has 1 aliphatic rings. The zero-order valence-electron chi connectivity index (χ0n) is 15.5. The fraction of sp³-hybridized carbons (Fsp3) is 0.650. The van der Waals surface area contributed by atoms with Gasteiger partial charge >= 0.3 is 6.09 Å². The summed E-state index contributed by atoms with van der Waals surface area (Å²) < 4.78 is 5.57. The third kappa shape index (κ3) is 6.16. The largest absolute Gasteiger partial charge is 0.448 e. The summed E-state index contributed by atoms with van der Waals surface area (Å²) in [5, 5.41) is 0. The SMILES string of the molecule is CC(C)(C)N(CCc1ccccc1)C(=O)OCCN1CCCCC1. The van der Waals surface area contributed by atoms with E-state index in [4.69, 9.17) is 4.74 Å². The van der Waals surface area contributed by atoms with E-state index < -0.39 is 0 Å². The van der Waals surface area contributed by atoms with E-state index in [9.17, 15) is 4.79 Å². The number of hydrogen-bond acceptors (Lipinski definition) is 3. The van der Waals surface area contributed by atoms with Crippen molar-refractivity contribution in [3.8, 4) is 0 Å². The van der Waals surface area contributed by atoms with Gasteiger partial charge in [-0.05, 0) is 58.7 Å². The molecule has 0 saturated carbocycles. The summed E-state index contributed by atoms with van der Waals surface area (Å²) in [5.41, 5.74) is 1.00. The number of benzene rings is 1. The van der Waals surface area contributed by atoms with Crippen LogP contribution in [0, 0.1) is 0 Å². The maximum Gasteiger partial charge on any atom is 0.410 e. The average molecular weight is 332 g/mol. The molecule has 1 aliphatic heterocycles. The van der Waals surface area contributed by atoms with Crippen LogP contribution in [0.5, 0.6) is 0 Å². The normalized spacial score (nSPS) is 16.0. The summed E-state index contributed by atoms with van der Waals surface area (Å²) in [4.78, 5) is 16.8. The molecule has 1 saturated heterocycles. The Morgan fingerprint density at radius 3 is 2.42 bits per heavy atom. The highest BCUT2D eigenvalue weighted by molar-refractivity contribution is 5.68. The fourth-order valence-corrected chi connectivity index (χ4v) is 3.11. The van der Waals surface area contributed by atoms with Gasteiger partial charge < -0.3 is 9.64 Å². The standard InChI is InChI=1S/C20H32N2O2/c1-20(2,3)22(15-12-18-10-6-4-7-11-18)19(23)24-17-16-21-13-8-5-9-14-21/h4,6-7,10-11H,5,8-9,12-17H2,1-3H3. The summed E-state index contributed by atoms with van der Waals surface area (Å²) >= 11 is 0. The summed E-state index contributed by atoms with van der Waals surface area (Å²) in [6.07, 6.45) is 4.50.